The summed E-state index contributed by atoms with van der Waals surface area (Å²) in [6, 6.07) is 8.76. The van der Waals surface area contributed by atoms with Crippen molar-refractivity contribution in [3.63, 3.8) is 0 Å². The van der Waals surface area contributed by atoms with Crippen molar-refractivity contribution in [2.75, 3.05) is 0 Å². The van der Waals surface area contributed by atoms with Gasteiger partial charge in [0.2, 0.25) is 0 Å². The zero-order chi connectivity index (χ0) is 20.5. The van der Waals surface area contributed by atoms with E-state index in [1.807, 2.05) is 12.5 Å². The molecule has 1 aliphatic heterocycles. The summed E-state index contributed by atoms with van der Waals surface area (Å²) in [6.07, 6.45) is 13.8. The summed E-state index contributed by atoms with van der Waals surface area (Å²) in [5.74, 6) is 0.409. The Morgan fingerprint density at radius 1 is 1.16 bits per heavy atom. The number of hydrogen-bond donors (Lipinski definition) is 1. The van der Waals surface area contributed by atoms with Crippen LogP contribution < -0.4 is 0 Å². The van der Waals surface area contributed by atoms with E-state index in [4.69, 9.17) is 8.30 Å². The normalized spacial score (nSPS) is 26.0. The highest BCUT2D eigenvalue weighted by atomic mass is 127. The number of benzene rings is 1. The third-order valence-electron chi connectivity index (χ3n) is 7.37. The summed E-state index contributed by atoms with van der Waals surface area (Å²) in [5, 5.41) is 0. The number of alkyl halides is 1. The summed E-state index contributed by atoms with van der Waals surface area (Å²) >= 11 is -0.652. The number of ether oxygens (including phenoxy) is 1. The minimum atomic E-state index is -0.652. The van der Waals surface area contributed by atoms with E-state index in [1.165, 1.54) is 36.1 Å². The van der Waals surface area contributed by atoms with Crippen LogP contribution >= 0.6 is 33.4 Å². The van der Waals surface area contributed by atoms with Gasteiger partial charge >= 0.3 is 5.97 Å². The highest BCUT2D eigenvalue weighted by Crippen LogP contribution is 2.44. The third-order valence-corrected chi connectivity index (χ3v) is 9.66. The van der Waals surface area contributed by atoms with Crippen LogP contribution in [0.25, 0.3) is 11.3 Å². The number of halogens is 2. The Balaban J connectivity index is 0.00000231. The second kappa shape index (κ2) is 10.1. The zero-order valence-corrected chi connectivity index (χ0v) is 20.7. The van der Waals surface area contributed by atoms with Crippen LogP contribution in [0.2, 0.25) is 0 Å². The van der Waals surface area contributed by atoms with Crippen LogP contribution in [0.4, 0.5) is 0 Å². The maximum atomic E-state index is 13.2. The minimum Gasteiger partial charge on any atom is -0.462 e. The van der Waals surface area contributed by atoms with Gasteiger partial charge < -0.3 is 9.30 Å². The predicted octanol–water partition coefficient (Wildman–Crippen LogP) is 6.66. The number of fused-ring (bicyclic) bond motifs is 3. The van der Waals surface area contributed by atoms with Crippen molar-refractivity contribution in [2.24, 2.45) is 11.8 Å². The van der Waals surface area contributed by atoms with E-state index in [9.17, 15) is 4.79 Å². The highest BCUT2D eigenvalue weighted by Gasteiger charge is 2.39. The predicted molar refractivity (Wildman–Crippen MR) is 132 cm³/mol. The number of rotatable bonds is 6. The molecule has 1 aromatic heterocycles. The van der Waals surface area contributed by atoms with Gasteiger partial charge in [0.1, 0.15) is 6.10 Å². The van der Waals surface area contributed by atoms with Gasteiger partial charge in [-0.3, -0.25) is 8.36 Å². The summed E-state index contributed by atoms with van der Waals surface area (Å²) < 4.78 is 16.8. The number of carbonyl (C=O) groups excluding carboxylic acids is 1. The Bertz CT molecular complexity index is 927. The van der Waals surface area contributed by atoms with Crippen molar-refractivity contribution in [3.05, 3.63) is 42.4 Å². The second-order valence-electron chi connectivity index (χ2n) is 9.06. The van der Waals surface area contributed by atoms with Crippen LogP contribution in [-0.2, 0) is 9.53 Å². The van der Waals surface area contributed by atoms with E-state index >= 15 is 0 Å². The summed E-state index contributed by atoms with van der Waals surface area (Å²) in [7, 11) is 0. The molecule has 0 spiro atoms. The summed E-state index contributed by atoms with van der Waals surface area (Å²) in [6.45, 7) is 0. The molecule has 0 amide bonds. The molecule has 2 saturated carbocycles. The molecule has 0 radical (unpaired) electrons. The van der Waals surface area contributed by atoms with Gasteiger partial charge in [0, 0.05) is 15.9 Å². The van der Waals surface area contributed by atoms with Gasteiger partial charge in [-0.1, -0.05) is 49.9 Å². The van der Waals surface area contributed by atoms with E-state index in [2.05, 4.69) is 33.8 Å². The Labute approximate surface area is 200 Å². The van der Waals surface area contributed by atoms with E-state index in [1.54, 1.807) is 0 Å². The fourth-order valence-corrected chi connectivity index (χ4v) is 7.62. The first-order valence-electron chi connectivity index (χ1n) is 11.4. The SMILES string of the molecule is Cl.N=IC1CCC[C@H]1C(=O)OC(CC1c2ccccc2-c2cncn21)C1CCCCC1. The first-order valence-corrected chi connectivity index (χ1v) is 13.7. The average molecular weight is 556 g/mol. The molecule has 0 saturated heterocycles. The van der Waals surface area contributed by atoms with Crippen LogP contribution in [0.1, 0.15) is 69.4 Å². The van der Waals surface area contributed by atoms with Crippen molar-refractivity contribution in [1.29, 1.82) is 3.56 Å². The average Bonchev–Trinajstić information content (AvgIpc) is 3.51. The lowest BCUT2D eigenvalue weighted by Crippen LogP contribution is -2.34. The smallest absolute Gasteiger partial charge is 0.310 e. The highest BCUT2D eigenvalue weighted by molar-refractivity contribution is 14.1. The number of carbonyl (C=O) groups is 1. The van der Waals surface area contributed by atoms with E-state index in [-0.39, 0.29) is 40.4 Å². The lowest BCUT2D eigenvalue weighted by molar-refractivity contribution is -0.158. The molecule has 2 heterocycles. The third kappa shape index (κ3) is 4.47. The molecule has 168 valence electrons. The Morgan fingerprint density at radius 2 is 1.97 bits per heavy atom. The fraction of sp³-hybridized carbons (Fsp3) is 0.583. The monoisotopic (exact) mass is 555 g/mol. The molecular weight excluding hydrogens is 525 g/mol. The molecule has 4 atom stereocenters. The molecule has 1 aromatic carbocycles. The van der Waals surface area contributed by atoms with E-state index in [0.717, 1.165) is 38.5 Å². The standard InChI is InChI=1S/C24H30IN3O2.ClH/c26-25-20-12-6-11-19(20)24(29)30-23(16-7-2-1-3-8-16)13-21-17-9-4-5-10-18(17)22-14-27-15-28(21)22;/h4-5,9-10,14-16,19-21,23,26H,1-3,6-8,11-13H2;1H/t19-,20?,21?,23?;/m1./s1. The molecule has 7 heteroatoms. The van der Waals surface area contributed by atoms with Crippen LogP contribution in [0.5, 0.6) is 0 Å². The molecule has 3 aliphatic rings. The number of nitrogens with zero attached hydrogens (tertiary/aromatic N) is 2. The summed E-state index contributed by atoms with van der Waals surface area (Å²) in [4.78, 5) is 17.6. The Hall–Kier alpha value is -1.28. The summed E-state index contributed by atoms with van der Waals surface area (Å²) in [5.41, 5.74) is 3.74. The largest absolute Gasteiger partial charge is 0.462 e. The Morgan fingerprint density at radius 3 is 2.77 bits per heavy atom. The first kappa shape index (κ1) is 22.9. The number of hydrogen-bond acceptors (Lipinski definition) is 4. The van der Waals surface area contributed by atoms with Gasteiger partial charge in [-0.15, -0.1) is 12.4 Å². The molecule has 2 aromatic rings. The topological polar surface area (TPSA) is 68.0 Å². The quantitative estimate of drug-likeness (QED) is 0.246. The first-order chi connectivity index (χ1) is 14.8. The number of imidazole rings is 1. The maximum absolute atomic E-state index is 13.2. The molecule has 3 unspecified atom stereocenters. The molecule has 5 rings (SSSR count). The maximum Gasteiger partial charge on any atom is 0.310 e. The van der Waals surface area contributed by atoms with Crippen molar-refractivity contribution in [3.8, 4) is 11.3 Å². The Kier molecular flexibility index (Phi) is 7.47. The van der Waals surface area contributed by atoms with Crippen LogP contribution in [0.3, 0.4) is 0 Å². The van der Waals surface area contributed by atoms with Crippen molar-refractivity contribution < 1.29 is 9.53 Å². The van der Waals surface area contributed by atoms with Gasteiger partial charge in [0.05, 0.1) is 30.2 Å². The number of nitrogens with one attached hydrogen (secondary N) is 1. The van der Waals surface area contributed by atoms with E-state index < -0.39 is 21.0 Å². The molecule has 1 N–H and O–H groups in total. The van der Waals surface area contributed by atoms with Gasteiger partial charge in [0.15, 0.2) is 0 Å². The van der Waals surface area contributed by atoms with Crippen LogP contribution in [0, 0.1) is 15.4 Å². The van der Waals surface area contributed by atoms with Gasteiger partial charge in [-0.25, -0.2) is 4.98 Å². The van der Waals surface area contributed by atoms with Crippen molar-refractivity contribution in [2.45, 2.75) is 73.9 Å². The molecule has 0 bridgehead atoms. The molecule has 31 heavy (non-hydrogen) atoms. The fourth-order valence-electron chi connectivity index (χ4n) is 5.78. The zero-order valence-electron chi connectivity index (χ0n) is 17.7. The van der Waals surface area contributed by atoms with Gasteiger partial charge in [-0.05, 0) is 58.2 Å². The van der Waals surface area contributed by atoms with Gasteiger partial charge in [0.25, 0.3) is 0 Å². The molecule has 2 aliphatic carbocycles. The van der Waals surface area contributed by atoms with Gasteiger partial charge in [-0.2, -0.15) is 0 Å². The number of esters is 1. The van der Waals surface area contributed by atoms with Crippen molar-refractivity contribution >= 4 is 39.4 Å². The molecule has 5 nitrogen and oxygen atoms in total. The molecule has 2 fully saturated rings. The van der Waals surface area contributed by atoms with E-state index in [0.29, 0.717) is 5.92 Å². The minimum absolute atomic E-state index is 0. The lowest BCUT2D eigenvalue weighted by Gasteiger charge is -2.33. The van der Waals surface area contributed by atoms with Crippen LogP contribution in [-0.4, -0.2) is 25.5 Å². The number of aromatic nitrogens is 2. The molecular formula is C24H31ClIN3O2. The lowest BCUT2D eigenvalue weighted by atomic mass is 9.82. The van der Waals surface area contributed by atoms with Crippen molar-refractivity contribution in [1.82, 2.24) is 9.55 Å². The second-order valence-corrected chi connectivity index (χ2v) is 11.3. The van der Waals surface area contributed by atoms with Crippen LogP contribution in [0.15, 0.2) is 36.8 Å².